The van der Waals surface area contributed by atoms with Crippen molar-refractivity contribution in [1.82, 2.24) is 10.6 Å². The summed E-state index contributed by atoms with van der Waals surface area (Å²) < 4.78 is 10.9. The van der Waals surface area contributed by atoms with E-state index in [0.29, 0.717) is 19.6 Å². The zero-order valence-corrected chi connectivity index (χ0v) is 17.5. The molecule has 1 atom stereocenters. The zero-order chi connectivity index (χ0) is 21.3. The average molecular weight is 399 g/mol. The molecule has 0 radical (unpaired) electrons. The molecule has 0 spiro atoms. The number of carbonyl (C=O) groups is 2. The van der Waals surface area contributed by atoms with Gasteiger partial charge in [0.15, 0.2) is 0 Å². The van der Waals surface area contributed by atoms with Crippen molar-refractivity contribution in [3.8, 4) is 5.75 Å². The van der Waals surface area contributed by atoms with E-state index in [9.17, 15) is 9.59 Å². The second kappa shape index (κ2) is 10.5. The van der Waals surface area contributed by atoms with Crippen molar-refractivity contribution in [3.05, 3.63) is 65.7 Å². The summed E-state index contributed by atoms with van der Waals surface area (Å²) in [4.78, 5) is 23.8. The Hall–Kier alpha value is -3.02. The first-order chi connectivity index (χ1) is 13.7. The third-order valence-corrected chi connectivity index (χ3v) is 4.01. The van der Waals surface area contributed by atoms with Crippen molar-refractivity contribution in [1.29, 1.82) is 0 Å². The van der Waals surface area contributed by atoms with E-state index < -0.39 is 17.7 Å². The van der Waals surface area contributed by atoms with E-state index in [0.717, 1.165) is 16.9 Å². The van der Waals surface area contributed by atoms with Crippen LogP contribution in [0.5, 0.6) is 5.75 Å². The van der Waals surface area contributed by atoms with Gasteiger partial charge in [-0.05, 0) is 57.4 Å². The molecule has 2 rings (SSSR count). The van der Waals surface area contributed by atoms with E-state index in [1.807, 2.05) is 54.6 Å². The van der Waals surface area contributed by atoms with E-state index in [-0.39, 0.29) is 5.91 Å². The van der Waals surface area contributed by atoms with Crippen LogP contribution in [0.2, 0.25) is 0 Å². The van der Waals surface area contributed by atoms with Crippen molar-refractivity contribution in [2.24, 2.45) is 0 Å². The van der Waals surface area contributed by atoms with E-state index in [1.54, 1.807) is 27.7 Å². The van der Waals surface area contributed by atoms with E-state index >= 15 is 0 Å². The Morgan fingerprint density at radius 2 is 1.62 bits per heavy atom. The summed E-state index contributed by atoms with van der Waals surface area (Å²) in [6, 6.07) is 17.1. The monoisotopic (exact) mass is 398 g/mol. The molecular formula is C23H30N2O4. The van der Waals surface area contributed by atoms with E-state index in [2.05, 4.69) is 10.6 Å². The summed E-state index contributed by atoms with van der Waals surface area (Å²) in [6.45, 7) is 7.94. The summed E-state index contributed by atoms with van der Waals surface area (Å²) in [5, 5.41) is 5.35. The molecule has 156 valence electrons. The fourth-order valence-corrected chi connectivity index (χ4v) is 2.53. The van der Waals surface area contributed by atoms with Gasteiger partial charge in [0.1, 0.15) is 24.0 Å². The van der Waals surface area contributed by atoms with Crippen LogP contribution in [0.3, 0.4) is 0 Å². The Bertz CT molecular complexity index is 783. The molecule has 0 saturated heterocycles. The van der Waals surface area contributed by atoms with Crippen LogP contribution in [0.4, 0.5) is 4.79 Å². The van der Waals surface area contributed by atoms with E-state index in [1.165, 1.54) is 0 Å². The Labute approximate surface area is 172 Å². The van der Waals surface area contributed by atoms with Gasteiger partial charge in [-0.15, -0.1) is 0 Å². The summed E-state index contributed by atoms with van der Waals surface area (Å²) in [7, 11) is 0. The number of amides is 2. The maximum atomic E-state index is 12.1. The SMILES string of the molecule is CC(NC(=O)OC(C)(C)C)C(=O)NCCc1ccc(OCc2ccccc2)cc1. The molecule has 0 aliphatic heterocycles. The molecule has 0 fully saturated rings. The lowest BCUT2D eigenvalue weighted by Gasteiger charge is -2.21. The van der Waals surface area contributed by atoms with Gasteiger partial charge in [-0.2, -0.15) is 0 Å². The van der Waals surface area contributed by atoms with Crippen molar-refractivity contribution < 1.29 is 19.1 Å². The lowest BCUT2D eigenvalue weighted by molar-refractivity contribution is -0.122. The van der Waals surface area contributed by atoms with Crippen LogP contribution >= 0.6 is 0 Å². The molecule has 0 heterocycles. The lowest BCUT2D eigenvalue weighted by Crippen LogP contribution is -2.46. The minimum atomic E-state index is -0.668. The highest BCUT2D eigenvalue weighted by molar-refractivity contribution is 5.85. The van der Waals surface area contributed by atoms with Gasteiger partial charge in [-0.3, -0.25) is 4.79 Å². The molecule has 1 unspecified atom stereocenters. The number of hydrogen-bond donors (Lipinski definition) is 2. The number of alkyl carbamates (subject to hydrolysis) is 1. The maximum Gasteiger partial charge on any atom is 0.408 e. The largest absolute Gasteiger partial charge is 0.489 e. The Kier molecular flexibility index (Phi) is 8.07. The predicted molar refractivity (Wildman–Crippen MR) is 113 cm³/mol. The zero-order valence-electron chi connectivity index (χ0n) is 17.5. The molecule has 0 aliphatic rings. The maximum absolute atomic E-state index is 12.1. The van der Waals surface area contributed by atoms with Gasteiger partial charge >= 0.3 is 6.09 Å². The molecule has 0 saturated carbocycles. The minimum absolute atomic E-state index is 0.251. The Balaban J connectivity index is 1.70. The third kappa shape index (κ3) is 8.68. The molecule has 0 bridgehead atoms. The first kappa shape index (κ1) is 22.3. The highest BCUT2D eigenvalue weighted by atomic mass is 16.6. The molecule has 2 aromatic rings. The molecule has 6 nitrogen and oxygen atoms in total. The summed E-state index contributed by atoms with van der Waals surface area (Å²) in [5.74, 6) is 0.551. The highest BCUT2D eigenvalue weighted by Crippen LogP contribution is 2.14. The fraction of sp³-hybridized carbons (Fsp3) is 0.391. The number of rotatable bonds is 8. The number of benzene rings is 2. The second-order valence-corrected chi connectivity index (χ2v) is 7.83. The second-order valence-electron chi connectivity index (χ2n) is 7.83. The first-order valence-electron chi connectivity index (χ1n) is 9.76. The van der Waals surface area contributed by atoms with Crippen molar-refractivity contribution in [3.63, 3.8) is 0 Å². The highest BCUT2D eigenvalue weighted by Gasteiger charge is 2.20. The fourth-order valence-electron chi connectivity index (χ4n) is 2.53. The van der Waals surface area contributed by atoms with Gasteiger partial charge in [0.25, 0.3) is 0 Å². The molecule has 29 heavy (non-hydrogen) atoms. The summed E-state index contributed by atoms with van der Waals surface area (Å²) >= 11 is 0. The first-order valence-corrected chi connectivity index (χ1v) is 9.76. The normalized spacial score (nSPS) is 12.0. The third-order valence-electron chi connectivity index (χ3n) is 4.01. The average Bonchev–Trinajstić information content (AvgIpc) is 2.66. The number of ether oxygens (including phenoxy) is 2. The predicted octanol–water partition coefficient (Wildman–Crippen LogP) is 3.84. The van der Waals surface area contributed by atoms with Gasteiger partial charge in [-0.1, -0.05) is 42.5 Å². The molecule has 2 N–H and O–H groups in total. The van der Waals surface area contributed by atoms with Crippen molar-refractivity contribution in [2.45, 2.75) is 52.4 Å². The van der Waals surface area contributed by atoms with Crippen molar-refractivity contribution in [2.75, 3.05) is 6.54 Å². The van der Waals surface area contributed by atoms with E-state index in [4.69, 9.17) is 9.47 Å². The van der Waals surface area contributed by atoms with Gasteiger partial charge in [0, 0.05) is 6.54 Å². The van der Waals surface area contributed by atoms with Gasteiger partial charge < -0.3 is 20.1 Å². The lowest BCUT2D eigenvalue weighted by atomic mass is 10.1. The minimum Gasteiger partial charge on any atom is -0.489 e. The van der Waals surface area contributed by atoms with Crippen LogP contribution in [0.25, 0.3) is 0 Å². The summed E-state index contributed by atoms with van der Waals surface area (Å²) in [5.41, 5.74) is 1.61. The Morgan fingerprint density at radius 3 is 2.24 bits per heavy atom. The smallest absolute Gasteiger partial charge is 0.408 e. The van der Waals surface area contributed by atoms with Crippen LogP contribution in [0, 0.1) is 0 Å². The number of hydrogen-bond acceptors (Lipinski definition) is 4. The molecule has 6 heteroatoms. The van der Waals surface area contributed by atoms with Gasteiger partial charge in [0.2, 0.25) is 5.91 Å². The van der Waals surface area contributed by atoms with Crippen LogP contribution in [-0.4, -0.2) is 30.2 Å². The molecule has 0 aromatic heterocycles. The molecule has 2 aromatic carbocycles. The molecule has 0 aliphatic carbocycles. The molecule has 2 amide bonds. The topological polar surface area (TPSA) is 76.7 Å². The quantitative estimate of drug-likeness (QED) is 0.708. The molecular weight excluding hydrogens is 368 g/mol. The standard InChI is InChI=1S/C23H30N2O4/c1-17(25-22(27)29-23(2,3)4)21(26)24-15-14-18-10-12-20(13-11-18)28-16-19-8-6-5-7-9-19/h5-13,17H,14-16H2,1-4H3,(H,24,26)(H,25,27). The van der Waals surface area contributed by atoms with Crippen LogP contribution in [0.15, 0.2) is 54.6 Å². The van der Waals surface area contributed by atoms with Crippen LogP contribution in [-0.2, 0) is 22.6 Å². The summed E-state index contributed by atoms with van der Waals surface area (Å²) in [6.07, 6.45) is 0.0791. The van der Waals surface area contributed by atoms with Crippen LogP contribution < -0.4 is 15.4 Å². The Morgan fingerprint density at radius 1 is 0.966 bits per heavy atom. The number of carbonyl (C=O) groups excluding carboxylic acids is 2. The van der Waals surface area contributed by atoms with Gasteiger partial charge in [0.05, 0.1) is 0 Å². The van der Waals surface area contributed by atoms with Crippen molar-refractivity contribution >= 4 is 12.0 Å². The van der Waals surface area contributed by atoms with Gasteiger partial charge in [-0.25, -0.2) is 4.79 Å². The number of nitrogens with one attached hydrogen (secondary N) is 2. The van der Waals surface area contributed by atoms with Crippen LogP contribution in [0.1, 0.15) is 38.8 Å².